The molecule has 19 heavy (non-hydrogen) atoms. The molecule has 100 valence electrons. The number of methoxy groups -OCH3 is 1. The van der Waals surface area contributed by atoms with E-state index in [1.54, 1.807) is 24.3 Å². The van der Waals surface area contributed by atoms with Crippen molar-refractivity contribution in [2.75, 3.05) is 13.7 Å². The second-order valence-electron chi connectivity index (χ2n) is 3.79. The molecule has 1 aromatic carbocycles. The Morgan fingerprint density at radius 2 is 2.16 bits per heavy atom. The molecule has 1 aliphatic rings. The summed E-state index contributed by atoms with van der Waals surface area (Å²) in [5, 5.41) is 3.81. The van der Waals surface area contributed by atoms with Crippen LogP contribution in [0.1, 0.15) is 10.4 Å². The third-order valence-corrected chi connectivity index (χ3v) is 3.55. The average molecular weight is 280 g/mol. The molecule has 2 rings (SSSR count). The first-order valence-electron chi connectivity index (χ1n) is 5.54. The standard InChI is InChI=1S/C12H12N2O4S/c1-18-8-5-3-2-4-7(8)10(15)13-6-9-11(16)14-12(17)19-9/h2-5,9H,6H2,1H3,(H,13,15)(H,14,16,17). The number of ether oxygens (including phenoxy) is 1. The van der Waals surface area contributed by atoms with Crippen LogP contribution in [0, 0.1) is 0 Å². The highest BCUT2D eigenvalue weighted by Crippen LogP contribution is 2.19. The minimum absolute atomic E-state index is 0.0964. The summed E-state index contributed by atoms with van der Waals surface area (Å²) in [7, 11) is 1.48. The Morgan fingerprint density at radius 3 is 2.79 bits per heavy atom. The van der Waals surface area contributed by atoms with Gasteiger partial charge in [-0.05, 0) is 23.9 Å². The van der Waals surface area contributed by atoms with Crippen LogP contribution >= 0.6 is 11.8 Å². The van der Waals surface area contributed by atoms with Gasteiger partial charge in [0.1, 0.15) is 11.0 Å². The van der Waals surface area contributed by atoms with Gasteiger partial charge in [0.15, 0.2) is 0 Å². The third kappa shape index (κ3) is 3.05. The molecule has 1 atom stereocenters. The summed E-state index contributed by atoms with van der Waals surface area (Å²) in [4.78, 5) is 34.3. The van der Waals surface area contributed by atoms with Crippen LogP contribution in [-0.4, -0.2) is 36.0 Å². The van der Waals surface area contributed by atoms with Gasteiger partial charge in [-0.15, -0.1) is 0 Å². The number of thioether (sulfide) groups is 1. The molecule has 0 radical (unpaired) electrons. The molecule has 6 nitrogen and oxygen atoms in total. The fourth-order valence-corrected chi connectivity index (χ4v) is 2.39. The molecule has 7 heteroatoms. The summed E-state index contributed by atoms with van der Waals surface area (Å²) in [5.41, 5.74) is 0.389. The van der Waals surface area contributed by atoms with Crippen molar-refractivity contribution in [2.24, 2.45) is 0 Å². The van der Waals surface area contributed by atoms with E-state index < -0.39 is 5.25 Å². The lowest BCUT2D eigenvalue weighted by Crippen LogP contribution is -2.35. The van der Waals surface area contributed by atoms with E-state index in [1.807, 2.05) is 0 Å². The fraction of sp³-hybridized carbons (Fsp3) is 0.250. The second kappa shape index (κ2) is 5.75. The summed E-state index contributed by atoms with van der Waals surface area (Å²) in [6, 6.07) is 6.78. The van der Waals surface area contributed by atoms with Crippen molar-refractivity contribution in [1.29, 1.82) is 0 Å². The SMILES string of the molecule is COc1ccccc1C(=O)NCC1SC(=O)NC1=O. The summed E-state index contributed by atoms with van der Waals surface area (Å²) in [6.07, 6.45) is 0. The van der Waals surface area contributed by atoms with Crippen LogP contribution in [0.3, 0.4) is 0 Å². The summed E-state index contributed by atoms with van der Waals surface area (Å²) >= 11 is 0.875. The Kier molecular flexibility index (Phi) is 4.06. The minimum Gasteiger partial charge on any atom is -0.496 e. The molecule has 0 saturated carbocycles. The lowest BCUT2D eigenvalue weighted by atomic mass is 10.2. The van der Waals surface area contributed by atoms with Gasteiger partial charge >= 0.3 is 0 Å². The van der Waals surface area contributed by atoms with Crippen LogP contribution < -0.4 is 15.4 Å². The number of carbonyl (C=O) groups is 3. The van der Waals surface area contributed by atoms with E-state index in [0.29, 0.717) is 11.3 Å². The van der Waals surface area contributed by atoms with Gasteiger partial charge < -0.3 is 10.1 Å². The van der Waals surface area contributed by atoms with Crippen molar-refractivity contribution in [3.8, 4) is 5.75 Å². The van der Waals surface area contributed by atoms with Gasteiger partial charge in [0, 0.05) is 6.54 Å². The van der Waals surface area contributed by atoms with E-state index >= 15 is 0 Å². The lowest BCUT2D eigenvalue weighted by molar-refractivity contribution is -0.118. The van der Waals surface area contributed by atoms with Gasteiger partial charge in [-0.25, -0.2) is 0 Å². The van der Waals surface area contributed by atoms with Crippen molar-refractivity contribution in [3.05, 3.63) is 29.8 Å². The van der Waals surface area contributed by atoms with Crippen LogP contribution in [0.4, 0.5) is 4.79 Å². The number of para-hydroxylation sites is 1. The number of hydrogen-bond donors (Lipinski definition) is 2. The van der Waals surface area contributed by atoms with E-state index in [4.69, 9.17) is 4.74 Å². The number of nitrogens with one attached hydrogen (secondary N) is 2. The van der Waals surface area contributed by atoms with Crippen molar-refractivity contribution in [2.45, 2.75) is 5.25 Å². The highest BCUT2D eigenvalue weighted by molar-refractivity contribution is 8.15. The molecule has 0 bridgehead atoms. The van der Waals surface area contributed by atoms with Crippen molar-refractivity contribution < 1.29 is 19.1 Å². The topological polar surface area (TPSA) is 84.5 Å². The van der Waals surface area contributed by atoms with Crippen LogP contribution in [0.25, 0.3) is 0 Å². The van der Waals surface area contributed by atoms with Crippen LogP contribution in [0.2, 0.25) is 0 Å². The van der Waals surface area contributed by atoms with Crippen LogP contribution in [-0.2, 0) is 4.79 Å². The second-order valence-corrected chi connectivity index (χ2v) is 4.97. The van der Waals surface area contributed by atoms with Gasteiger partial charge in [0.05, 0.1) is 12.7 Å². The lowest BCUT2D eigenvalue weighted by Gasteiger charge is -2.10. The molecular formula is C12H12N2O4S. The molecule has 0 aromatic heterocycles. The van der Waals surface area contributed by atoms with E-state index in [2.05, 4.69) is 10.6 Å². The highest BCUT2D eigenvalue weighted by atomic mass is 32.2. The zero-order valence-electron chi connectivity index (χ0n) is 10.1. The molecule has 2 N–H and O–H groups in total. The number of hydrogen-bond acceptors (Lipinski definition) is 5. The zero-order valence-corrected chi connectivity index (χ0v) is 11.0. The quantitative estimate of drug-likeness (QED) is 0.851. The van der Waals surface area contributed by atoms with Crippen molar-refractivity contribution in [1.82, 2.24) is 10.6 Å². The molecule has 1 heterocycles. The smallest absolute Gasteiger partial charge is 0.286 e. The first-order valence-corrected chi connectivity index (χ1v) is 6.42. The normalized spacial score (nSPS) is 18.1. The van der Waals surface area contributed by atoms with Gasteiger partial charge in [-0.3, -0.25) is 19.7 Å². The Morgan fingerprint density at radius 1 is 1.42 bits per heavy atom. The Hall–Kier alpha value is -2.02. The first kappa shape index (κ1) is 13.4. The predicted octanol–water partition coefficient (Wildman–Crippen LogP) is 0.777. The molecule has 1 aromatic rings. The van der Waals surface area contributed by atoms with Crippen molar-refractivity contribution >= 4 is 28.8 Å². The summed E-state index contributed by atoms with van der Waals surface area (Å²) in [6.45, 7) is 0.0964. The van der Waals surface area contributed by atoms with E-state index in [-0.39, 0.29) is 23.6 Å². The largest absolute Gasteiger partial charge is 0.496 e. The van der Waals surface area contributed by atoms with Gasteiger partial charge in [0.25, 0.3) is 11.1 Å². The molecule has 1 aliphatic heterocycles. The van der Waals surface area contributed by atoms with E-state index in [9.17, 15) is 14.4 Å². The highest BCUT2D eigenvalue weighted by Gasteiger charge is 2.31. The number of carbonyl (C=O) groups excluding carboxylic acids is 3. The maximum Gasteiger partial charge on any atom is 0.286 e. The number of imide groups is 1. The maximum absolute atomic E-state index is 12.0. The van der Waals surface area contributed by atoms with E-state index in [0.717, 1.165) is 11.8 Å². The molecule has 1 saturated heterocycles. The van der Waals surface area contributed by atoms with E-state index in [1.165, 1.54) is 7.11 Å². The third-order valence-electron chi connectivity index (χ3n) is 2.57. The molecule has 0 spiro atoms. The Balaban J connectivity index is 1.98. The Bertz CT molecular complexity index is 532. The number of amides is 3. The minimum atomic E-state index is -0.578. The molecule has 1 fully saturated rings. The molecule has 1 unspecified atom stereocenters. The van der Waals surface area contributed by atoms with Gasteiger partial charge in [0.2, 0.25) is 5.91 Å². The van der Waals surface area contributed by atoms with Gasteiger partial charge in [-0.2, -0.15) is 0 Å². The molecule has 3 amide bonds. The maximum atomic E-state index is 12.0. The predicted molar refractivity (Wildman–Crippen MR) is 70.2 cm³/mol. The number of benzene rings is 1. The fourth-order valence-electron chi connectivity index (χ4n) is 1.64. The van der Waals surface area contributed by atoms with Crippen LogP contribution in [0.5, 0.6) is 5.75 Å². The monoisotopic (exact) mass is 280 g/mol. The van der Waals surface area contributed by atoms with Gasteiger partial charge in [-0.1, -0.05) is 12.1 Å². The van der Waals surface area contributed by atoms with Crippen LogP contribution in [0.15, 0.2) is 24.3 Å². The Labute approximate surface area is 113 Å². The van der Waals surface area contributed by atoms with Crippen molar-refractivity contribution in [3.63, 3.8) is 0 Å². The summed E-state index contributed by atoms with van der Waals surface area (Å²) < 4.78 is 5.08. The summed E-state index contributed by atoms with van der Waals surface area (Å²) in [5.74, 6) is -0.264. The molecular weight excluding hydrogens is 268 g/mol. The average Bonchev–Trinajstić information content (AvgIpc) is 2.74. The zero-order chi connectivity index (χ0) is 13.8. The first-order chi connectivity index (χ1) is 9.11. The number of rotatable bonds is 4. The molecule has 0 aliphatic carbocycles.